The molecule has 0 amide bonds. The molecule has 1 aliphatic rings. The molecule has 4 rings (SSSR count). The Bertz CT molecular complexity index is 965. The van der Waals surface area contributed by atoms with Crippen LogP contribution < -0.4 is 9.64 Å². The predicted molar refractivity (Wildman–Crippen MR) is 118 cm³/mol. The summed E-state index contributed by atoms with van der Waals surface area (Å²) in [5.74, 6) is 2.48. The highest BCUT2D eigenvalue weighted by Gasteiger charge is 2.34. The molecular weight excluding hydrogens is 392 g/mol. The first-order valence-electron chi connectivity index (χ1n) is 10.7. The molecule has 9 nitrogen and oxygen atoms in total. The Kier molecular flexibility index (Phi) is 6.13. The van der Waals surface area contributed by atoms with Crippen molar-refractivity contribution in [3.05, 3.63) is 54.1 Å². The number of hydrogen-bond donors (Lipinski definition) is 0. The van der Waals surface area contributed by atoms with Crippen molar-refractivity contribution >= 4 is 5.95 Å². The van der Waals surface area contributed by atoms with E-state index in [-0.39, 0.29) is 11.6 Å². The van der Waals surface area contributed by atoms with Crippen molar-refractivity contribution in [3.63, 3.8) is 0 Å². The lowest BCUT2D eigenvalue weighted by molar-refractivity contribution is 0.186. The van der Waals surface area contributed by atoms with Gasteiger partial charge in [0.05, 0.1) is 18.7 Å². The molecule has 0 bridgehead atoms. The first kappa shape index (κ1) is 21.2. The second-order valence-electron chi connectivity index (χ2n) is 8.36. The standard InChI is InChI=1S/C22H30N8O/c1-5-22(2,3)30-20(25-26-27-30)19(17-7-9-18(31-4)10-8-17)28-13-15-29(16-14-28)21-23-11-6-12-24-21/h6-12,19H,5,13-16H2,1-4H3. The van der Waals surface area contributed by atoms with Crippen molar-refractivity contribution in [2.45, 2.75) is 38.8 Å². The van der Waals surface area contributed by atoms with E-state index in [4.69, 9.17) is 4.74 Å². The van der Waals surface area contributed by atoms with Gasteiger partial charge in [-0.05, 0) is 54.5 Å². The molecule has 1 aromatic carbocycles. The van der Waals surface area contributed by atoms with Gasteiger partial charge in [0.1, 0.15) is 5.75 Å². The first-order valence-corrected chi connectivity index (χ1v) is 10.7. The van der Waals surface area contributed by atoms with E-state index in [9.17, 15) is 0 Å². The van der Waals surface area contributed by atoms with Gasteiger partial charge in [-0.1, -0.05) is 19.1 Å². The fourth-order valence-corrected chi connectivity index (χ4v) is 3.89. The molecule has 0 saturated carbocycles. The number of ether oxygens (including phenoxy) is 1. The minimum absolute atomic E-state index is 0.0504. The van der Waals surface area contributed by atoms with Gasteiger partial charge in [0.25, 0.3) is 0 Å². The van der Waals surface area contributed by atoms with Crippen LogP contribution in [0.4, 0.5) is 5.95 Å². The summed E-state index contributed by atoms with van der Waals surface area (Å²) in [5, 5.41) is 12.9. The third kappa shape index (κ3) is 4.36. The summed E-state index contributed by atoms with van der Waals surface area (Å²) in [4.78, 5) is 13.5. The molecule has 0 aliphatic carbocycles. The lowest BCUT2D eigenvalue weighted by Gasteiger charge is -2.39. The molecule has 0 N–H and O–H groups in total. The van der Waals surface area contributed by atoms with Crippen molar-refractivity contribution in [2.75, 3.05) is 38.2 Å². The van der Waals surface area contributed by atoms with E-state index in [0.29, 0.717) is 0 Å². The molecule has 164 valence electrons. The van der Waals surface area contributed by atoms with Crippen LogP contribution in [0.1, 0.15) is 44.6 Å². The fourth-order valence-electron chi connectivity index (χ4n) is 3.89. The molecule has 1 fully saturated rings. The van der Waals surface area contributed by atoms with Gasteiger partial charge in [-0.25, -0.2) is 14.6 Å². The number of hydrogen-bond acceptors (Lipinski definition) is 8. The Balaban J connectivity index is 1.65. The molecular formula is C22H30N8O. The average Bonchev–Trinajstić information content (AvgIpc) is 3.31. The van der Waals surface area contributed by atoms with Gasteiger partial charge in [-0.2, -0.15) is 0 Å². The number of nitrogens with zero attached hydrogens (tertiary/aromatic N) is 8. The van der Waals surface area contributed by atoms with Gasteiger partial charge in [-0.15, -0.1) is 5.10 Å². The lowest BCUT2D eigenvalue weighted by atomic mass is 9.99. The summed E-state index contributed by atoms with van der Waals surface area (Å²) in [5.41, 5.74) is 0.969. The zero-order chi connectivity index (χ0) is 21.8. The zero-order valence-corrected chi connectivity index (χ0v) is 18.6. The van der Waals surface area contributed by atoms with Gasteiger partial charge in [0.15, 0.2) is 5.82 Å². The van der Waals surface area contributed by atoms with Crippen LogP contribution in [-0.4, -0.2) is 68.4 Å². The molecule has 1 saturated heterocycles. The predicted octanol–water partition coefficient (Wildman–Crippen LogP) is 2.53. The van der Waals surface area contributed by atoms with E-state index in [0.717, 1.165) is 55.7 Å². The number of benzene rings is 1. The minimum Gasteiger partial charge on any atom is -0.497 e. The molecule has 1 atom stereocenters. The van der Waals surface area contributed by atoms with Crippen molar-refractivity contribution in [2.24, 2.45) is 0 Å². The maximum absolute atomic E-state index is 5.36. The van der Waals surface area contributed by atoms with Crippen LogP contribution in [0.2, 0.25) is 0 Å². The maximum Gasteiger partial charge on any atom is 0.225 e. The van der Waals surface area contributed by atoms with Crippen molar-refractivity contribution in [1.82, 2.24) is 35.1 Å². The van der Waals surface area contributed by atoms with Gasteiger partial charge < -0.3 is 9.64 Å². The molecule has 31 heavy (non-hydrogen) atoms. The van der Waals surface area contributed by atoms with E-state index < -0.39 is 0 Å². The Hall–Kier alpha value is -3.07. The Morgan fingerprint density at radius 3 is 2.32 bits per heavy atom. The zero-order valence-electron chi connectivity index (χ0n) is 18.6. The molecule has 1 aliphatic heterocycles. The summed E-state index contributed by atoms with van der Waals surface area (Å²) < 4.78 is 7.34. The average molecular weight is 423 g/mol. The van der Waals surface area contributed by atoms with E-state index in [1.807, 2.05) is 22.9 Å². The number of methoxy groups -OCH3 is 1. The quantitative estimate of drug-likeness (QED) is 0.574. The molecule has 0 spiro atoms. The van der Waals surface area contributed by atoms with E-state index >= 15 is 0 Å². The molecule has 1 unspecified atom stereocenters. The van der Waals surface area contributed by atoms with Gasteiger partial charge in [0.2, 0.25) is 5.95 Å². The van der Waals surface area contributed by atoms with Gasteiger partial charge in [-0.3, -0.25) is 4.90 Å². The van der Waals surface area contributed by atoms with Crippen LogP contribution >= 0.6 is 0 Å². The number of anilines is 1. The van der Waals surface area contributed by atoms with E-state index in [1.54, 1.807) is 19.5 Å². The second-order valence-corrected chi connectivity index (χ2v) is 8.36. The van der Waals surface area contributed by atoms with Crippen LogP contribution in [0.3, 0.4) is 0 Å². The maximum atomic E-state index is 5.36. The third-order valence-electron chi connectivity index (χ3n) is 6.12. The molecule has 3 heterocycles. The van der Waals surface area contributed by atoms with Crippen LogP contribution in [0.25, 0.3) is 0 Å². The van der Waals surface area contributed by atoms with Crippen LogP contribution in [0.5, 0.6) is 5.75 Å². The van der Waals surface area contributed by atoms with Crippen LogP contribution in [-0.2, 0) is 5.54 Å². The number of aromatic nitrogens is 6. The molecule has 0 radical (unpaired) electrons. The van der Waals surface area contributed by atoms with Crippen molar-refractivity contribution in [3.8, 4) is 5.75 Å². The van der Waals surface area contributed by atoms with Gasteiger partial charge >= 0.3 is 0 Å². The summed E-state index contributed by atoms with van der Waals surface area (Å²) >= 11 is 0. The summed E-state index contributed by atoms with van der Waals surface area (Å²) in [7, 11) is 1.68. The highest BCUT2D eigenvalue weighted by molar-refractivity contribution is 5.33. The largest absolute Gasteiger partial charge is 0.497 e. The number of rotatable bonds is 7. The topological polar surface area (TPSA) is 85.1 Å². The Morgan fingerprint density at radius 2 is 1.71 bits per heavy atom. The van der Waals surface area contributed by atoms with E-state index in [1.165, 1.54) is 0 Å². The highest BCUT2D eigenvalue weighted by atomic mass is 16.5. The third-order valence-corrected chi connectivity index (χ3v) is 6.12. The Morgan fingerprint density at radius 1 is 1.03 bits per heavy atom. The molecule has 2 aromatic heterocycles. The smallest absolute Gasteiger partial charge is 0.225 e. The fraction of sp³-hybridized carbons (Fsp3) is 0.500. The second kappa shape index (κ2) is 8.97. The molecule has 3 aromatic rings. The van der Waals surface area contributed by atoms with Gasteiger partial charge in [0, 0.05) is 38.6 Å². The normalized spacial score (nSPS) is 16.3. The first-order chi connectivity index (χ1) is 15.0. The van der Waals surface area contributed by atoms with Crippen LogP contribution in [0, 0.1) is 0 Å². The summed E-state index contributed by atoms with van der Waals surface area (Å²) in [6.07, 6.45) is 4.51. The number of tetrazole rings is 1. The Labute approximate surface area is 183 Å². The van der Waals surface area contributed by atoms with E-state index in [2.05, 4.69) is 68.2 Å². The lowest BCUT2D eigenvalue weighted by Crippen LogP contribution is -2.49. The highest BCUT2D eigenvalue weighted by Crippen LogP contribution is 2.32. The number of piperazine rings is 1. The summed E-state index contributed by atoms with van der Waals surface area (Å²) in [6, 6.07) is 9.99. The van der Waals surface area contributed by atoms with Crippen LogP contribution in [0.15, 0.2) is 42.7 Å². The monoisotopic (exact) mass is 422 g/mol. The van der Waals surface area contributed by atoms with Crippen molar-refractivity contribution < 1.29 is 4.74 Å². The SMILES string of the molecule is CCC(C)(C)n1nnnc1C(c1ccc(OC)cc1)N1CCN(c2ncccn2)CC1. The summed E-state index contributed by atoms with van der Waals surface area (Å²) in [6.45, 7) is 9.89. The molecule has 9 heteroatoms. The van der Waals surface area contributed by atoms with Crippen molar-refractivity contribution in [1.29, 1.82) is 0 Å². The minimum atomic E-state index is -0.177.